The van der Waals surface area contributed by atoms with E-state index in [1.54, 1.807) is 0 Å². The molecular weight excluding hydrogens is 801 g/mol. The average molecular weight is 851 g/mol. The molecule has 0 amide bonds. The molecule has 0 spiro atoms. The molecule has 0 fully saturated rings. The fourth-order valence-corrected chi connectivity index (χ4v) is 8.73. The molecule has 10 aromatic carbocycles. The summed E-state index contributed by atoms with van der Waals surface area (Å²) in [6.07, 6.45) is 0. The molecule has 2 N–H and O–H groups in total. The van der Waals surface area contributed by atoms with Gasteiger partial charge in [-0.3, -0.25) is 0 Å². The third kappa shape index (κ3) is 9.21. The quantitative estimate of drug-likeness (QED) is 0.121. The minimum atomic E-state index is 1.01. The van der Waals surface area contributed by atoms with Gasteiger partial charge in [-0.25, -0.2) is 0 Å². The van der Waals surface area contributed by atoms with Gasteiger partial charge in [0.25, 0.3) is 0 Å². The van der Waals surface area contributed by atoms with E-state index in [2.05, 4.69) is 289 Å². The highest BCUT2D eigenvalue weighted by Gasteiger charge is 2.17. The van der Waals surface area contributed by atoms with Crippen LogP contribution in [0.5, 0.6) is 0 Å². The number of rotatable bonds is 13. The van der Waals surface area contributed by atoms with Gasteiger partial charge in [0.1, 0.15) is 0 Å². The van der Waals surface area contributed by atoms with Gasteiger partial charge >= 0.3 is 0 Å². The van der Waals surface area contributed by atoms with Crippen LogP contribution in [0, 0.1) is 13.8 Å². The van der Waals surface area contributed by atoms with Gasteiger partial charge in [-0.2, -0.15) is 0 Å². The largest absolute Gasteiger partial charge is 0.356 e. The van der Waals surface area contributed by atoms with Crippen LogP contribution in [0.4, 0.5) is 56.9 Å². The zero-order chi connectivity index (χ0) is 44.7. The molecule has 4 nitrogen and oxygen atoms in total. The molecule has 0 aromatic heterocycles. The first-order valence-corrected chi connectivity index (χ1v) is 22.5. The van der Waals surface area contributed by atoms with Gasteiger partial charge in [0, 0.05) is 56.9 Å². The highest BCUT2D eigenvalue weighted by molar-refractivity contribution is 5.95. The maximum Gasteiger partial charge on any atom is 0.0464 e. The molecule has 318 valence electrons. The van der Waals surface area contributed by atoms with E-state index in [1.165, 1.54) is 11.1 Å². The van der Waals surface area contributed by atoms with Crippen molar-refractivity contribution in [2.24, 2.45) is 0 Å². The Balaban J connectivity index is 0.963. The number of nitrogens with zero attached hydrogens (tertiary/aromatic N) is 2. The van der Waals surface area contributed by atoms with E-state index in [4.69, 9.17) is 0 Å². The van der Waals surface area contributed by atoms with Gasteiger partial charge in [0.2, 0.25) is 0 Å². The van der Waals surface area contributed by atoms with Gasteiger partial charge in [-0.05, 0) is 180 Å². The summed E-state index contributed by atoms with van der Waals surface area (Å²) in [5, 5.41) is 7.46. The number of anilines is 10. The van der Waals surface area contributed by atoms with Crippen molar-refractivity contribution in [1.29, 1.82) is 0 Å². The molecule has 66 heavy (non-hydrogen) atoms. The molecule has 0 aliphatic rings. The third-order valence-electron chi connectivity index (χ3n) is 11.9. The summed E-state index contributed by atoms with van der Waals surface area (Å²) in [4.78, 5) is 4.60. The smallest absolute Gasteiger partial charge is 0.0464 e. The zero-order valence-electron chi connectivity index (χ0n) is 37.1. The van der Waals surface area contributed by atoms with E-state index in [0.717, 1.165) is 90.3 Å². The van der Waals surface area contributed by atoms with E-state index >= 15 is 0 Å². The van der Waals surface area contributed by atoms with Gasteiger partial charge in [-0.15, -0.1) is 0 Å². The Morgan fingerprint density at radius 1 is 0.242 bits per heavy atom. The van der Waals surface area contributed by atoms with Crippen molar-refractivity contribution in [2.75, 3.05) is 20.4 Å². The zero-order valence-corrected chi connectivity index (χ0v) is 37.1. The lowest BCUT2D eigenvalue weighted by Gasteiger charge is -2.26. The van der Waals surface area contributed by atoms with Gasteiger partial charge in [0.15, 0.2) is 0 Å². The van der Waals surface area contributed by atoms with E-state index in [-0.39, 0.29) is 0 Å². The molecule has 0 bridgehead atoms. The summed E-state index contributed by atoms with van der Waals surface area (Å²) in [6, 6.07) is 90.6. The van der Waals surface area contributed by atoms with Crippen LogP contribution < -0.4 is 20.4 Å². The van der Waals surface area contributed by atoms with Crippen molar-refractivity contribution in [3.8, 4) is 33.4 Å². The Morgan fingerprint density at radius 3 is 0.924 bits per heavy atom. The summed E-state index contributed by atoms with van der Waals surface area (Å²) in [5.41, 5.74) is 20.1. The van der Waals surface area contributed by atoms with E-state index in [9.17, 15) is 0 Å². The molecule has 0 saturated carbocycles. The number of hydrogen-bond acceptors (Lipinski definition) is 4. The topological polar surface area (TPSA) is 30.5 Å². The van der Waals surface area contributed by atoms with Crippen molar-refractivity contribution in [3.05, 3.63) is 266 Å². The summed E-state index contributed by atoms with van der Waals surface area (Å²) in [5.74, 6) is 0. The highest BCUT2D eigenvalue weighted by atomic mass is 15.1. The fraction of sp³-hybridized carbons (Fsp3) is 0.0323. The second-order valence-electron chi connectivity index (χ2n) is 16.6. The monoisotopic (exact) mass is 850 g/mol. The SMILES string of the molecule is Cc1cccc(N(c2ccccc2)c2ccc(Nc3ccc(-c4ccc(Nc5ccc(N(c6ccccc6)c6cccc(C)c6)cc5)cc4-c4ccccc4)c(-c4ccccc4)c3)cc2)c1. The molecule has 0 saturated heterocycles. The van der Waals surface area contributed by atoms with Gasteiger partial charge in [-0.1, -0.05) is 133 Å². The van der Waals surface area contributed by atoms with Crippen LogP contribution >= 0.6 is 0 Å². The summed E-state index contributed by atoms with van der Waals surface area (Å²) < 4.78 is 0. The third-order valence-corrected chi connectivity index (χ3v) is 11.9. The number of aryl methyl sites for hydroxylation is 2. The number of benzene rings is 10. The molecule has 4 heteroatoms. The molecule has 0 radical (unpaired) electrons. The molecule has 10 aromatic rings. The van der Waals surface area contributed by atoms with Crippen LogP contribution in [0.2, 0.25) is 0 Å². The Hall–Kier alpha value is -8.60. The molecule has 0 unspecified atom stereocenters. The molecule has 0 heterocycles. The average Bonchev–Trinajstić information content (AvgIpc) is 3.36. The molecular formula is C62H50N4. The standard InChI is InChI=1S/C62H50N4/c1-45-17-15-27-57(41-45)65(53-23-11-5-12-24-53)55-35-29-49(30-36-55)63-51-33-39-59(61(43-51)47-19-7-3-8-20-47)60-40-34-52(44-62(60)48-21-9-4-10-22-48)64-50-31-37-56(38-32-50)66(54-25-13-6-14-26-54)58-28-16-18-46(2)42-58/h3-44,63-64H,1-2H3. The van der Waals surface area contributed by atoms with Crippen molar-refractivity contribution in [2.45, 2.75) is 13.8 Å². The highest BCUT2D eigenvalue weighted by Crippen LogP contribution is 2.43. The number of hydrogen-bond donors (Lipinski definition) is 2. The van der Waals surface area contributed by atoms with Crippen LogP contribution in [0.15, 0.2) is 255 Å². The van der Waals surface area contributed by atoms with E-state index in [1.807, 2.05) is 0 Å². The van der Waals surface area contributed by atoms with Gasteiger partial charge < -0.3 is 20.4 Å². The predicted octanol–water partition coefficient (Wildman–Crippen LogP) is 17.7. The first-order valence-electron chi connectivity index (χ1n) is 22.5. The minimum absolute atomic E-state index is 1.01. The Morgan fingerprint density at radius 2 is 0.561 bits per heavy atom. The minimum Gasteiger partial charge on any atom is -0.356 e. The molecule has 10 rings (SSSR count). The number of para-hydroxylation sites is 2. The maximum absolute atomic E-state index is 3.73. The van der Waals surface area contributed by atoms with Gasteiger partial charge in [0.05, 0.1) is 0 Å². The summed E-state index contributed by atoms with van der Waals surface area (Å²) in [7, 11) is 0. The molecule has 0 aliphatic carbocycles. The lowest BCUT2D eigenvalue weighted by molar-refractivity contribution is 1.27. The van der Waals surface area contributed by atoms with Crippen molar-refractivity contribution < 1.29 is 0 Å². The fourth-order valence-electron chi connectivity index (χ4n) is 8.73. The first kappa shape index (κ1) is 41.4. The molecule has 0 aliphatic heterocycles. The Labute approximate surface area is 388 Å². The van der Waals surface area contributed by atoms with Crippen LogP contribution in [0.25, 0.3) is 33.4 Å². The second kappa shape index (κ2) is 19.0. The predicted molar refractivity (Wildman–Crippen MR) is 281 cm³/mol. The summed E-state index contributed by atoms with van der Waals surface area (Å²) >= 11 is 0. The van der Waals surface area contributed by atoms with Crippen molar-refractivity contribution >= 4 is 56.9 Å². The van der Waals surface area contributed by atoms with Crippen LogP contribution in [0.1, 0.15) is 11.1 Å². The second-order valence-corrected chi connectivity index (χ2v) is 16.6. The van der Waals surface area contributed by atoms with E-state index < -0.39 is 0 Å². The lowest BCUT2D eigenvalue weighted by atomic mass is 9.88. The Kier molecular flexibility index (Phi) is 11.9. The number of nitrogens with one attached hydrogen (secondary N) is 2. The van der Waals surface area contributed by atoms with Crippen LogP contribution in [0.3, 0.4) is 0 Å². The van der Waals surface area contributed by atoms with Crippen molar-refractivity contribution in [3.63, 3.8) is 0 Å². The van der Waals surface area contributed by atoms with Crippen molar-refractivity contribution in [1.82, 2.24) is 0 Å². The lowest BCUT2D eigenvalue weighted by Crippen LogP contribution is -2.09. The molecule has 0 atom stereocenters. The Bertz CT molecular complexity index is 2970. The van der Waals surface area contributed by atoms with Crippen LogP contribution in [-0.4, -0.2) is 0 Å². The summed E-state index contributed by atoms with van der Waals surface area (Å²) in [6.45, 7) is 4.27. The normalized spacial score (nSPS) is 10.9. The maximum atomic E-state index is 3.73. The first-order chi connectivity index (χ1) is 32.5. The van der Waals surface area contributed by atoms with E-state index in [0.29, 0.717) is 0 Å². The van der Waals surface area contributed by atoms with Crippen LogP contribution in [-0.2, 0) is 0 Å².